The maximum absolute atomic E-state index is 11.9. The van der Waals surface area contributed by atoms with Crippen molar-refractivity contribution in [1.82, 2.24) is 4.90 Å². The SMILES string of the molecule is CC(=O)N1CCc2ccc(N(C)C3CCN(Cc4ccccc4)CC3)cc21. The van der Waals surface area contributed by atoms with Crippen LogP contribution in [0, 0.1) is 0 Å². The summed E-state index contributed by atoms with van der Waals surface area (Å²) in [5, 5.41) is 0. The highest BCUT2D eigenvalue weighted by atomic mass is 16.2. The molecule has 1 amide bonds. The first-order valence-electron chi connectivity index (χ1n) is 10.0. The second kappa shape index (κ2) is 7.73. The van der Waals surface area contributed by atoms with E-state index in [0.29, 0.717) is 6.04 Å². The molecule has 142 valence electrons. The second-order valence-electron chi connectivity index (χ2n) is 7.84. The summed E-state index contributed by atoms with van der Waals surface area (Å²) in [6.45, 7) is 5.79. The number of piperidine rings is 1. The van der Waals surface area contributed by atoms with Crippen LogP contribution in [0.2, 0.25) is 0 Å². The van der Waals surface area contributed by atoms with Crippen molar-refractivity contribution in [3.8, 4) is 0 Å². The zero-order chi connectivity index (χ0) is 18.8. The molecular weight excluding hydrogens is 334 g/mol. The number of carbonyl (C=O) groups is 1. The molecule has 0 saturated carbocycles. The van der Waals surface area contributed by atoms with E-state index in [1.807, 2.05) is 4.90 Å². The Balaban J connectivity index is 1.39. The molecule has 2 aliphatic rings. The van der Waals surface area contributed by atoms with E-state index in [9.17, 15) is 4.79 Å². The number of carbonyl (C=O) groups excluding carboxylic acids is 1. The van der Waals surface area contributed by atoms with Gasteiger partial charge in [-0.15, -0.1) is 0 Å². The Hall–Kier alpha value is -2.33. The zero-order valence-electron chi connectivity index (χ0n) is 16.4. The number of amides is 1. The maximum atomic E-state index is 11.9. The fourth-order valence-corrected chi connectivity index (χ4v) is 4.43. The van der Waals surface area contributed by atoms with Gasteiger partial charge in [0.05, 0.1) is 0 Å². The van der Waals surface area contributed by atoms with E-state index in [0.717, 1.165) is 38.3 Å². The lowest BCUT2D eigenvalue weighted by Gasteiger charge is -2.38. The Labute approximate surface area is 162 Å². The quantitative estimate of drug-likeness (QED) is 0.829. The van der Waals surface area contributed by atoms with Gasteiger partial charge in [0.15, 0.2) is 0 Å². The standard InChI is InChI=1S/C23H29N3O/c1-18(27)26-15-10-20-8-9-22(16-23(20)26)24(2)21-11-13-25(14-12-21)17-19-6-4-3-5-7-19/h3-9,16,21H,10-15,17H2,1-2H3. The van der Waals surface area contributed by atoms with Crippen LogP contribution in [-0.4, -0.2) is 43.5 Å². The second-order valence-corrected chi connectivity index (χ2v) is 7.84. The van der Waals surface area contributed by atoms with Crippen LogP contribution in [0.3, 0.4) is 0 Å². The van der Waals surface area contributed by atoms with Gasteiger partial charge in [-0.2, -0.15) is 0 Å². The van der Waals surface area contributed by atoms with Crippen molar-refractivity contribution >= 4 is 17.3 Å². The average Bonchev–Trinajstić information content (AvgIpc) is 3.12. The predicted molar refractivity (Wildman–Crippen MR) is 111 cm³/mol. The highest BCUT2D eigenvalue weighted by Gasteiger charge is 2.26. The molecule has 2 aliphatic heterocycles. The summed E-state index contributed by atoms with van der Waals surface area (Å²) in [6.07, 6.45) is 3.32. The predicted octanol–water partition coefficient (Wildman–Crippen LogP) is 3.70. The van der Waals surface area contributed by atoms with Crippen molar-refractivity contribution in [2.45, 2.75) is 38.8 Å². The van der Waals surface area contributed by atoms with E-state index in [1.54, 1.807) is 6.92 Å². The number of fused-ring (bicyclic) bond motifs is 1. The van der Waals surface area contributed by atoms with Crippen LogP contribution in [0.15, 0.2) is 48.5 Å². The minimum absolute atomic E-state index is 0.141. The molecule has 0 aliphatic carbocycles. The van der Waals surface area contributed by atoms with Crippen LogP contribution in [0.25, 0.3) is 0 Å². The summed E-state index contributed by atoms with van der Waals surface area (Å²) in [7, 11) is 2.20. The van der Waals surface area contributed by atoms with E-state index in [2.05, 4.69) is 65.4 Å². The molecule has 27 heavy (non-hydrogen) atoms. The minimum atomic E-state index is 0.141. The van der Waals surface area contributed by atoms with Gasteiger partial charge in [0.1, 0.15) is 0 Å². The molecule has 2 heterocycles. The van der Waals surface area contributed by atoms with E-state index >= 15 is 0 Å². The lowest BCUT2D eigenvalue weighted by Crippen LogP contribution is -2.43. The molecule has 1 saturated heterocycles. The van der Waals surface area contributed by atoms with Crippen LogP contribution >= 0.6 is 0 Å². The minimum Gasteiger partial charge on any atom is -0.371 e. The number of benzene rings is 2. The molecular formula is C23H29N3O. The first kappa shape index (κ1) is 18.1. The van der Waals surface area contributed by atoms with Crippen molar-refractivity contribution in [1.29, 1.82) is 0 Å². The third-order valence-corrected chi connectivity index (χ3v) is 6.11. The normalized spacial score (nSPS) is 17.8. The Morgan fingerprint density at radius 2 is 1.81 bits per heavy atom. The molecule has 4 nitrogen and oxygen atoms in total. The topological polar surface area (TPSA) is 26.8 Å². The van der Waals surface area contributed by atoms with Gasteiger partial charge in [-0.1, -0.05) is 36.4 Å². The first-order valence-corrected chi connectivity index (χ1v) is 10.0. The van der Waals surface area contributed by atoms with Crippen LogP contribution in [0.5, 0.6) is 0 Å². The van der Waals surface area contributed by atoms with Gasteiger partial charge >= 0.3 is 0 Å². The summed E-state index contributed by atoms with van der Waals surface area (Å²) in [6, 6.07) is 17.9. The molecule has 4 rings (SSSR count). The van der Waals surface area contributed by atoms with Crippen molar-refractivity contribution in [3.05, 3.63) is 59.7 Å². The molecule has 2 aromatic rings. The lowest BCUT2D eigenvalue weighted by atomic mass is 10.0. The first-order chi connectivity index (χ1) is 13.1. The summed E-state index contributed by atoms with van der Waals surface area (Å²) in [4.78, 5) is 18.8. The molecule has 0 aromatic heterocycles. The van der Waals surface area contributed by atoms with Gasteiger partial charge in [-0.3, -0.25) is 9.69 Å². The summed E-state index contributed by atoms with van der Waals surface area (Å²) in [5.41, 5.74) is 5.02. The van der Waals surface area contributed by atoms with Gasteiger partial charge < -0.3 is 9.80 Å². The van der Waals surface area contributed by atoms with E-state index < -0.39 is 0 Å². The highest BCUT2D eigenvalue weighted by molar-refractivity contribution is 5.94. The molecule has 1 fully saturated rings. The molecule has 0 N–H and O–H groups in total. The molecule has 2 aromatic carbocycles. The monoisotopic (exact) mass is 363 g/mol. The van der Waals surface area contributed by atoms with Crippen molar-refractivity contribution in [2.75, 3.05) is 36.5 Å². The fourth-order valence-electron chi connectivity index (χ4n) is 4.43. The Kier molecular flexibility index (Phi) is 5.17. The fraction of sp³-hybridized carbons (Fsp3) is 0.435. The van der Waals surface area contributed by atoms with Gasteiger partial charge in [0.25, 0.3) is 0 Å². The summed E-state index contributed by atoms with van der Waals surface area (Å²) < 4.78 is 0. The van der Waals surface area contributed by atoms with Crippen LogP contribution in [0.4, 0.5) is 11.4 Å². The molecule has 4 heteroatoms. The number of rotatable bonds is 4. The van der Waals surface area contributed by atoms with Crippen molar-refractivity contribution < 1.29 is 4.79 Å². The number of likely N-dealkylation sites (tertiary alicyclic amines) is 1. The van der Waals surface area contributed by atoms with Crippen molar-refractivity contribution in [3.63, 3.8) is 0 Å². The van der Waals surface area contributed by atoms with E-state index in [4.69, 9.17) is 0 Å². The third kappa shape index (κ3) is 3.86. The third-order valence-electron chi connectivity index (χ3n) is 6.11. The lowest BCUT2D eigenvalue weighted by molar-refractivity contribution is -0.116. The van der Waals surface area contributed by atoms with Gasteiger partial charge in [-0.25, -0.2) is 0 Å². The maximum Gasteiger partial charge on any atom is 0.223 e. The number of nitrogens with zero attached hydrogens (tertiary/aromatic N) is 3. The van der Waals surface area contributed by atoms with E-state index in [-0.39, 0.29) is 5.91 Å². The Morgan fingerprint density at radius 1 is 1.07 bits per heavy atom. The average molecular weight is 364 g/mol. The van der Waals surface area contributed by atoms with Crippen LogP contribution in [0.1, 0.15) is 30.9 Å². The zero-order valence-corrected chi connectivity index (χ0v) is 16.4. The Morgan fingerprint density at radius 3 is 2.52 bits per heavy atom. The molecule has 0 unspecified atom stereocenters. The number of anilines is 2. The summed E-state index contributed by atoms with van der Waals surface area (Å²) >= 11 is 0. The smallest absolute Gasteiger partial charge is 0.223 e. The summed E-state index contributed by atoms with van der Waals surface area (Å²) in [5.74, 6) is 0.141. The van der Waals surface area contributed by atoms with Gasteiger partial charge in [0.2, 0.25) is 5.91 Å². The van der Waals surface area contributed by atoms with Crippen LogP contribution in [-0.2, 0) is 17.8 Å². The number of hydrogen-bond donors (Lipinski definition) is 0. The molecule has 0 bridgehead atoms. The van der Waals surface area contributed by atoms with Gasteiger partial charge in [0, 0.05) is 57.6 Å². The van der Waals surface area contributed by atoms with E-state index in [1.165, 1.54) is 29.7 Å². The largest absolute Gasteiger partial charge is 0.371 e. The Bertz CT molecular complexity index is 797. The number of hydrogen-bond acceptors (Lipinski definition) is 3. The molecule has 0 spiro atoms. The van der Waals surface area contributed by atoms with Crippen molar-refractivity contribution in [2.24, 2.45) is 0 Å². The molecule has 0 atom stereocenters. The molecule has 0 radical (unpaired) electrons. The highest BCUT2D eigenvalue weighted by Crippen LogP contribution is 2.33. The van der Waals surface area contributed by atoms with Gasteiger partial charge in [-0.05, 0) is 42.5 Å². The van der Waals surface area contributed by atoms with Crippen LogP contribution < -0.4 is 9.80 Å².